The van der Waals surface area contributed by atoms with Gasteiger partial charge in [0.1, 0.15) is 13.8 Å². The number of aliphatic hydroxyl groups is 1. The van der Waals surface area contributed by atoms with Gasteiger partial charge in [0.25, 0.3) is 0 Å². The summed E-state index contributed by atoms with van der Waals surface area (Å²) in [6, 6.07) is 10.1. The summed E-state index contributed by atoms with van der Waals surface area (Å²) in [5, 5.41) is 21.1. The van der Waals surface area contributed by atoms with Crippen molar-refractivity contribution < 1.29 is 34.9 Å². The summed E-state index contributed by atoms with van der Waals surface area (Å²) >= 11 is 0. The first-order valence-electron chi connectivity index (χ1n) is 15.6. The molecule has 1 amide bonds. The first-order chi connectivity index (χ1) is 19.3. The zero-order valence-corrected chi connectivity index (χ0v) is 18.7. The van der Waals surface area contributed by atoms with Gasteiger partial charge in [0, 0.05) is 23.0 Å². The molecule has 2 rings (SSSR count). The molecule has 2 aromatic carbocycles. The second-order valence-electron chi connectivity index (χ2n) is 8.03. The molecule has 0 aliphatic rings. The molecule has 0 saturated carbocycles. The van der Waals surface area contributed by atoms with Gasteiger partial charge in [0.15, 0.2) is 0 Å². The number of nitrogens with one attached hydrogen (secondary N) is 1. The second-order valence-corrected chi connectivity index (χ2v) is 8.03. The Bertz CT molecular complexity index is 1260. The van der Waals surface area contributed by atoms with Crippen LogP contribution < -0.4 is 10.0 Å². The van der Waals surface area contributed by atoms with Gasteiger partial charge < -0.3 is 20.3 Å². The highest BCUT2D eigenvalue weighted by Gasteiger charge is 2.37. The zero-order chi connectivity index (χ0) is 33.4. The molecular weight excluding hydrogens is 404 g/mol. The van der Waals surface area contributed by atoms with Crippen molar-refractivity contribution in [3.8, 4) is 5.75 Å². The Kier molecular flexibility index (Phi) is 5.15. The molecule has 6 heteroatoms. The number of amides is 1. The van der Waals surface area contributed by atoms with Crippen LogP contribution in [0.5, 0.6) is 5.75 Å². The molecule has 0 saturated heterocycles. The van der Waals surface area contributed by atoms with Crippen LogP contribution >= 0.6 is 0 Å². The molecule has 0 bridgehead atoms. The summed E-state index contributed by atoms with van der Waals surface area (Å²) in [6.07, 6.45) is -9.65. The first kappa shape index (κ1) is 13.9. The minimum absolute atomic E-state index is 0.0540. The summed E-state index contributed by atoms with van der Waals surface area (Å²) < 4.78 is 98.9. The Morgan fingerprint density at radius 1 is 1.19 bits per heavy atom. The van der Waals surface area contributed by atoms with E-state index in [1.165, 1.54) is 32.9 Å². The van der Waals surface area contributed by atoms with E-state index >= 15 is 0 Å². The van der Waals surface area contributed by atoms with Gasteiger partial charge in [-0.25, -0.2) is 4.79 Å². The molecule has 176 valence electrons. The first-order valence-corrected chi connectivity index (χ1v) is 9.95. The van der Waals surface area contributed by atoms with E-state index < -0.39 is 66.8 Å². The summed E-state index contributed by atoms with van der Waals surface area (Å²) in [5.74, 6) is -2.23. The highest BCUT2D eigenvalue weighted by atomic mass is 16.5. The van der Waals surface area contributed by atoms with Crippen molar-refractivity contribution in [2.75, 3.05) is 13.0 Å². The molecule has 0 radical (unpaired) electrons. The van der Waals surface area contributed by atoms with Crippen LogP contribution in [0.3, 0.4) is 0 Å². The maximum Gasteiger partial charge on any atom is 0.408 e. The average molecular weight is 454 g/mol. The van der Waals surface area contributed by atoms with Crippen LogP contribution in [0.1, 0.15) is 59.4 Å². The van der Waals surface area contributed by atoms with Crippen LogP contribution in [0.4, 0.5) is 4.79 Å². The molecule has 0 aliphatic carbocycles. The Labute approximate surface area is 207 Å². The second kappa shape index (κ2) is 11.9. The number of carbonyl (C=O) groups is 1. The van der Waals surface area contributed by atoms with E-state index in [4.69, 9.17) is 18.5 Å². The van der Waals surface area contributed by atoms with E-state index in [2.05, 4.69) is 0 Å². The van der Waals surface area contributed by atoms with E-state index in [9.17, 15) is 16.4 Å². The molecule has 0 spiro atoms. The Morgan fingerprint density at radius 2 is 1.84 bits per heavy atom. The predicted molar refractivity (Wildman–Crippen MR) is 128 cm³/mol. The van der Waals surface area contributed by atoms with Crippen molar-refractivity contribution in [3.63, 3.8) is 0 Å². The van der Waals surface area contributed by atoms with Crippen LogP contribution in [0.2, 0.25) is 1.41 Å². The van der Waals surface area contributed by atoms with Crippen molar-refractivity contribution >= 4 is 6.09 Å². The Balaban J connectivity index is 2.75. The fraction of sp³-hybridized carbons (Fsp3) is 0.500. The quantitative estimate of drug-likeness (QED) is 0.465. The molecule has 3 N–H and O–H groups in total. The van der Waals surface area contributed by atoms with Gasteiger partial charge in [-0.2, -0.15) is 0 Å². The van der Waals surface area contributed by atoms with E-state index in [-0.39, 0.29) is 17.3 Å². The van der Waals surface area contributed by atoms with E-state index in [1.807, 2.05) is 30.3 Å². The molecule has 0 fully saturated rings. The topological polar surface area (TPSA) is 82.0 Å². The lowest BCUT2D eigenvalue weighted by molar-refractivity contribution is 0.00765. The molecule has 3 atom stereocenters. The van der Waals surface area contributed by atoms with Gasteiger partial charge in [-0.3, -0.25) is 4.90 Å². The lowest BCUT2D eigenvalue weighted by atomic mass is 9.94. The number of rotatable bonds is 11. The molecule has 2 aromatic rings. The maximum atomic E-state index is 12.6. The van der Waals surface area contributed by atoms with E-state index in [0.717, 1.165) is 24.6 Å². The standard InChI is InChI=1S/C26H38N2O4/c1-19(2)16-27-17-24(29)23(28(25(30)31)26(3,4)5)15-20-11-13-22(14-12-20)32-18-21-9-7-6-8-10-21/h6-14,19,23-24,27,29H,15-18H2,1-5H3,(H,30,31)/t23-,24+/m0/s1/i1D,15D2,16D2,17D2,19D,23D,24D/hD/t19?,23-,24+. The summed E-state index contributed by atoms with van der Waals surface area (Å²) in [7, 11) is 0. The molecule has 1 unspecified atom stereocenters. The maximum absolute atomic E-state index is 12.6. The van der Waals surface area contributed by atoms with Crippen molar-refractivity contribution in [2.45, 2.75) is 65.2 Å². The smallest absolute Gasteiger partial charge is 0.408 e. The van der Waals surface area contributed by atoms with Gasteiger partial charge in [0.05, 0.1) is 14.8 Å². The van der Waals surface area contributed by atoms with Crippen molar-refractivity contribution in [2.24, 2.45) is 5.89 Å². The third-order valence-corrected chi connectivity index (χ3v) is 4.08. The lowest BCUT2D eigenvalue weighted by Crippen LogP contribution is -2.58. The molecule has 0 heterocycles. The minimum Gasteiger partial charge on any atom is -0.489 e. The molecule has 32 heavy (non-hydrogen) atoms. The van der Waals surface area contributed by atoms with Crippen LogP contribution in [-0.2, 0) is 13.0 Å². The number of nitrogens with zero attached hydrogens (tertiary/aromatic N) is 1. The van der Waals surface area contributed by atoms with Gasteiger partial charge in [-0.15, -0.1) is 0 Å². The fourth-order valence-corrected chi connectivity index (χ4v) is 2.68. The fourth-order valence-electron chi connectivity index (χ4n) is 2.68. The molecule has 6 nitrogen and oxygen atoms in total. The van der Waals surface area contributed by atoms with E-state index in [0.29, 0.717) is 0 Å². The minimum atomic E-state index is -4.25. The number of benzene rings is 2. The summed E-state index contributed by atoms with van der Waals surface area (Å²) in [6.45, 7) is -3.67. The van der Waals surface area contributed by atoms with Gasteiger partial charge in [0.2, 0.25) is 0 Å². The van der Waals surface area contributed by atoms with Crippen molar-refractivity contribution in [3.05, 3.63) is 65.7 Å². The molecule has 0 aromatic heterocycles. The number of carboxylic acid groups (broad SMARTS) is 1. The SMILES string of the molecule is [2H]CC([2H])(C)C([2H])([2H])N([2H])C([2H])([2H])[C@@]([2H])(O)[C@@]([2H])(N(C(=O)O)C(C)(C)C)C([2H])([2H])c1ccc(OCc2ccccc2)cc1. The Morgan fingerprint density at radius 3 is 2.41 bits per heavy atom. The normalized spacial score (nSPS) is 23.9. The Hall–Kier alpha value is -2.57. The van der Waals surface area contributed by atoms with Crippen molar-refractivity contribution in [1.82, 2.24) is 10.2 Å². The number of ether oxygens (including phenoxy) is 1. The predicted octanol–water partition coefficient (Wildman–Crippen LogP) is 4.56. The van der Waals surface area contributed by atoms with Crippen molar-refractivity contribution in [1.29, 1.82) is 0 Å². The van der Waals surface area contributed by atoms with Gasteiger partial charge >= 0.3 is 6.09 Å². The molecule has 0 aliphatic heterocycles. The highest BCUT2D eigenvalue weighted by Crippen LogP contribution is 2.24. The zero-order valence-electron chi connectivity index (χ0n) is 29.7. The summed E-state index contributed by atoms with van der Waals surface area (Å²) in [4.78, 5) is 12.7. The van der Waals surface area contributed by atoms with Gasteiger partial charge in [-0.1, -0.05) is 56.3 Å². The number of hydrogen-bond acceptors (Lipinski definition) is 4. The third kappa shape index (κ3) is 8.17. The molecular formula is C26H38N2O4. The van der Waals surface area contributed by atoms with Crippen LogP contribution in [0.15, 0.2) is 54.6 Å². The number of hydrogen-bond donors (Lipinski definition) is 3. The van der Waals surface area contributed by atoms with E-state index in [1.54, 1.807) is 0 Å². The van der Waals surface area contributed by atoms with Crippen LogP contribution in [-0.4, -0.2) is 51.8 Å². The monoisotopic (exact) mass is 453 g/mol. The van der Waals surface area contributed by atoms with Crippen LogP contribution in [0, 0.1) is 5.89 Å². The average Bonchev–Trinajstić information content (AvgIpc) is 2.90. The highest BCUT2D eigenvalue weighted by molar-refractivity contribution is 5.66. The van der Waals surface area contributed by atoms with Gasteiger partial charge in [-0.05, 0) is 62.8 Å². The lowest BCUT2D eigenvalue weighted by Gasteiger charge is -2.42. The largest absolute Gasteiger partial charge is 0.489 e. The van der Waals surface area contributed by atoms with Crippen LogP contribution in [0.25, 0.3) is 0 Å². The third-order valence-electron chi connectivity index (χ3n) is 4.08. The summed E-state index contributed by atoms with van der Waals surface area (Å²) in [5.41, 5.74) is -1.37.